The van der Waals surface area contributed by atoms with E-state index in [1.165, 1.54) is 0 Å². The van der Waals surface area contributed by atoms with Gasteiger partial charge in [0.25, 0.3) is 0 Å². The Bertz CT molecular complexity index is 189. The Morgan fingerprint density at radius 1 is 0.933 bits per heavy atom. The average molecular weight is 212 g/mol. The van der Waals surface area contributed by atoms with Crippen molar-refractivity contribution in [2.75, 3.05) is 45.8 Å². The fourth-order valence-corrected chi connectivity index (χ4v) is 1.52. The van der Waals surface area contributed by atoms with Crippen molar-refractivity contribution in [1.82, 2.24) is 16.0 Å². The number of nitrogens with one attached hydrogen (secondary N) is 3. The number of hydrogen-bond donors (Lipinski definition) is 3. The molecule has 0 amide bonds. The van der Waals surface area contributed by atoms with Crippen LogP contribution in [0.4, 0.5) is 0 Å². The lowest BCUT2D eigenvalue weighted by Crippen LogP contribution is -2.36. The number of aliphatic imine (C=N–C) groups is 1. The molecular weight excluding hydrogens is 188 g/mol. The molecule has 0 radical (unpaired) electrons. The van der Waals surface area contributed by atoms with E-state index in [0.717, 1.165) is 45.8 Å². The van der Waals surface area contributed by atoms with Crippen LogP contribution in [-0.2, 0) is 0 Å². The van der Waals surface area contributed by atoms with Gasteiger partial charge >= 0.3 is 0 Å². The van der Waals surface area contributed by atoms with Gasteiger partial charge in [0.05, 0.1) is 6.54 Å². The zero-order chi connectivity index (χ0) is 11.0. The molecule has 3 N–H and O–H groups in total. The van der Waals surface area contributed by atoms with Crippen LogP contribution in [0.2, 0.25) is 0 Å². The van der Waals surface area contributed by atoms with Crippen molar-refractivity contribution >= 4 is 6.21 Å². The molecule has 0 fully saturated rings. The molecule has 4 heteroatoms. The van der Waals surface area contributed by atoms with Gasteiger partial charge in [-0.05, 0) is 0 Å². The monoisotopic (exact) mass is 212 g/mol. The van der Waals surface area contributed by atoms with E-state index < -0.39 is 0 Å². The Labute approximate surface area is 92.9 Å². The SMILES string of the molecule is CC1(C)C=NCCNCCNCCNC1. The molecule has 0 aromatic carbocycles. The molecule has 15 heavy (non-hydrogen) atoms. The maximum absolute atomic E-state index is 4.44. The van der Waals surface area contributed by atoms with Gasteiger partial charge in [-0.3, -0.25) is 4.99 Å². The van der Waals surface area contributed by atoms with Crippen molar-refractivity contribution in [3.05, 3.63) is 0 Å². The Balaban J connectivity index is 2.34. The first-order valence-corrected chi connectivity index (χ1v) is 5.84. The molecule has 0 unspecified atom stereocenters. The highest BCUT2D eigenvalue weighted by Crippen LogP contribution is 2.09. The summed E-state index contributed by atoms with van der Waals surface area (Å²) in [5, 5.41) is 10.2. The summed E-state index contributed by atoms with van der Waals surface area (Å²) in [6, 6.07) is 0. The third-order valence-electron chi connectivity index (χ3n) is 2.40. The first-order valence-electron chi connectivity index (χ1n) is 5.84. The molecule has 0 bridgehead atoms. The number of hydrogen-bond acceptors (Lipinski definition) is 4. The molecule has 1 rings (SSSR count). The van der Waals surface area contributed by atoms with Crippen LogP contribution in [0, 0.1) is 5.41 Å². The minimum atomic E-state index is 0.161. The van der Waals surface area contributed by atoms with Crippen LogP contribution in [0.15, 0.2) is 4.99 Å². The summed E-state index contributed by atoms with van der Waals surface area (Å²) in [5.74, 6) is 0. The maximum atomic E-state index is 4.44. The van der Waals surface area contributed by atoms with Crippen LogP contribution in [0.3, 0.4) is 0 Å². The van der Waals surface area contributed by atoms with Crippen LogP contribution in [0.1, 0.15) is 13.8 Å². The highest BCUT2D eigenvalue weighted by Gasteiger charge is 2.13. The van der Waals surface area contributed by atoms with Crippen LogP contribution in [0.25, 0.3) is 0 Å². The lowest BCUT2D eigenvalue weighted by atomic mass is 9.95. The van der Waals surface area contributed by atoms with E-state index in [9.17, 15) is 0 Å². The fourth-order valence-electron chi connectivity index (χ4n) is 1.52. The average Bonchev–Trinajstić information content (AvgIpc) is 2.20. The van der Waals surface area contributed by atoms with Gasteiger partial charge in [0.2, 0.25) is 0 Å². The van der Waals surface area contributed by atoms with Crippen molar-refractivity contribution in [2.24, 2.45) is 10.4 Å². The van der Waals surface area contributed by atoms with Gasteiger partial charge in [-0.2, -0.15) is 0 Å². The van der Waals surface area contributed by atoms with E-state index >= 15 is 0 Å². The summed E-state index contributed by atoms with van der Waals surface area (Å²) in [7, 11) is 0. The largest absolute Gasteiger partial charge is 0.315 e. The van der Waals surface area contributed by atoms with E-state index in [-0.39, 0.29) is 5.41 Å². The van der Waals surface area contributed by atoms with Gasteiger partial charge in [0, 0.05) is 50.9 Å². The third-order valence-corrected chi connectivity index (χ3v) is 2.40. The van der Waals surface area contributed by atoms with Gasteiger partial charge in [-0.15, -0.1) is 0 Å². The van der Waals surface area contributed by atoms with Crippen molar-refractivity contribution in [3.8, 4) is 0 Å². The zero-order valence-corrected chi connectivity index (χ0v) is 9.97. The second-order valence-electron chi connectivity index (χ2n) is 4.70. The Morgan fingerprint density at radius 2 is 1.53 bits per heavy atom. The highest BCUT2D eigenvalue weighted by atomic mass is 15.0. The Kier molecular flexibility index (Phi) is 5.83. The summed E-state index contributed by atoms with van der Waals surface area (Å²) in [6.07, 6.45) is 2.08. The summed E-state index contributed by atoms with van der Waals surface area (Å²) in [5.41, 5.74) is 0.161. The van der Waals surface area contributed by atoms with Gasteiger partial charge in [-0.1, -0.05) is 13.8 Å². The fraction of sp³-hybridized carbons (Fsp3) is 0.909. The molecule has 0 aromatic heterocycles. The van der Waals surface area contributed by atoms with E-state index in [0.29, 0.717) is 0 Å². The molecule has 1 aliphatic rings. The van der Waals surface area contributed by atoms with E-state index in [1.54, 1.807) is 0 Å². The van der Waals surface area contributed by atoms with Gasteiger partial charge in [-0.25, -0.2) is 0 Å². The van der Waals surface area contributed by atoms with E-state index in [1.807, 2.05) is 0 Å². The lowest BCUT2D eigenvalue weighted by Gasteiger charge is -2.19. The van der Waals surface area contributed by atoms with Crippen molar-refractivity contribution in [3.63, 3.8) is 0 Å². The standard InChI is InChI=1S/C11H24N4/c1-11(2)9-14-7-5-12-3-4-13-6-8-15-10-11/h9,12-13,15H,3-8,10H2,1-2H3. The molecule has 1 aliphatic heterocycles. The third kappa shape index (κ3) is 6.60. The molecule has 0 saturated carbocycles. The molecule has 88 valence electrons. The predicted octanol–water partition coefficient (Wildman–Crippen LogP) is -0.134. The summed E-state index contributed by atoms with van der Waals surface area (Å²) in [4.78, 5) is 4.44. The normalized spacial score (nSPS) is 24.9. The van der Waals surface area contributed by atoms with Crippen LogP contribution in [-0.4, -0.2) is 52.0 Å². The second-order valence-corrected chi connectivity index (χ2v) is 4.70. The Hall–Kier alpha value is -0.450. The molecule has 4 nitrogen and oxygen atoms in total. The maximum Gasteiger partial charge on any atom is 0.0510 e. The van der Waals surface area contributed by atoms with Crippen molar-refractivity contribution in [2.45, 2.75) is 13.8 Å². The van der Waals surface area contributed by atoms with Crippen LogP contribution in [0.5, 0.6) is 0 Å². The molecule has 0 saturated heterocycles. The predicted molar refractivity (Wildman–Crippen MR) is 65.7 cm³/mol. The van der Waals surface area contributed by atoms with Gasteiger partial charge in [0.1, 0.15) is 0 Å². The molecular formula is C11H24N4. The molecule has 1 heterocycles. The molecule has 0 aliphatic carbocycles. The first-order chi connectivity index (χ1) is 7.21. The molecule has 0 spiro atoms. The summed E-state index contributed by atoms with van der Waals surface area (Å²) in [6.45, 7) is 11.4. The molecule has 0 aromatic rings. The second kappa shape index (κ2) is 6.93. The quantitative estimate of drug-likeness (QED) is 0.524. The smallest absolute Gasteiger partial charge is 0.0510 e. The van der Waals surface area contributed by atoms with Gasteiger partial charge in [0.15, 0.2) is 0 Å². The minimum absolute atomic E-state index is 0.161. The number of nitrogens with zero attached hydrogens (tertiary/aromatic N) is 1. The van der Waals surface area contributed by atoms with E-state index in [4.69, 9.17) is 0 Å². The van der Waals surface area contributed by atoms with Crippen LogP contribution >= 0.6 is 0 Å². The van der Waals surface area contributed by atoms with Crippen LogP contribution < -0.4 is 16.0 Å². The van der Waals surface area contributed by atoms with Crippen molar-refractivity contribution < 1.29 is 0 Å². The summed E-state index contributed by atoms with van der Waals surface area (Å²) < 4.78 is 0. The highest BCUT2D eigenvalue weighted by molar-refractivity contribution is 5.64. The molecule has 0 atom stereocenters. The topological polar surface area (TPSA) is 48.5 Å². The van der Waals surface area contributed by atoms with Gasteiger partial charge < -0.3 is 16.0 Å². The first kappa shape index (κ1) is 12.6. The van der Waals surface area contributed by atoms with E-state index in [2.05, 4.69) is 41.0 Å². The minimum Gasteiger partial charge on any atom is -0.315 e. The lowest BCUT2D eigenvalue weighted by molar-refractivity contribution is 0.470. The summed E-state index contributed by atoms with van der Waals surface area (Å²) >= 11 is 0. The van der Waals surface area contributed by atoms with Crippen molar-refractivity contribution in [1.29, 1.82) is 0 Å². The number of rotatable bonds is 0. The Morgan fingerprint density at radius 3 is 2.27 bits per heavy atom. The zero-order valence-electron chi connectivity index (χ0n) is 9.97.